The molecule has 27 heavy (non-hydrogen) atoms. The highest BCUT2D eigenvalue weighted by Crippen LogP contribution is 2.24. The summed E-state index contributed by atoms with van der Waals surface area (Å²) >= 11 is 0. The number of benzene rings is 2. The molecule has 0 saturated carbocycles. The van der Waals surface area contributed by atoms with E-state index in [2.05, 4.69) is 26.1 Å². The van der Waals surface area contributed by atoms with Crippen LogP contribution in [-0.2, 0) is 15.4 Å². The molecule has 6 nitrogen and oxygen atoms in total. The van der Waals surface area contributed by atoms with Gasteiger partial charge in [-0.2, -0.15) is 0 Å². The average Bonchev–Trinajstić information content (AvgIpc) is 2.57. The van der Waals surface area contributed by atoms with E-state index in [1.807, 2.05) is 24.3 Å². The molecule has 0 saturated heterocycles. The Labute approximate surface area is 160 Å². The summed E-state index contributed by atoms with van der Waals surface area (Å²) in [4.78, 5) is 12.2. The van der Waals surface area contributed by atoms with E-state index in [0.29, 0.717) is 18.7 Å². The summed E-state index contributed by atoms with van der Waals surface area (Å²) in [6.45, 7) is 8.75. The predicted molar refractivity (Wildman–Crippen MR) is 106 cm³/mol. The Bertz CT molecular complexity index is 914. The van der Waals surface area contributed by atoms with Crippen molar-refractivity contribution >= 4 is 15.9 Å². The van der Waals surface area contributed by atoms with Crippen molar-refractivity contribution < 1.29 is 17.9 Å². The monoisotopic (exact) mass is 390 g/mol. The minimum absolute atomic E-state index is 0.0793. The Hall–Kier alpha value is -2.38. The molecule has 2 rings (SSSR count). The minimum atomic E-state index is -3.86. The van der Waals surface area contributed by atoms with Crippen LogP contribution in [0.2, 0.25) is 0 Å². The minimum Gasteiger partial charge on any atom is -0.492 e. The van der Waals surface area contributed by atoms with E-state index in [0.717, 1.165) is 5.75 Å². The molecule has 2 aromatic rings. The van der Waals surface area contributed by atoms with Gasteiger partial charge in [-0.3, -0.25) is 4.79 Å². The van der Waals surface area contributed by atoms with Crippen molar-refractivity contribution in [3.05, 3.63) is 59.2 Å². The van der Waals surface area contributed by atoms with Gasteiger partial charge in [0.05, 0.1) is 11.4 Å². The summed E-state index contributed by atoms with van der Waals surface area (Å²) in [5.74, 6) is 0.356. The van der Waals surface area contributed by atoms with Crippen LogP contribution in [0.15, 0.2) is 47.4 Å². The van der Waals surface area contributed by atoms with Crippen molar-refractivity contribution in [1.82, 2.24) is 5.32 Å². The standard InChI is InChI=1S/C20H26N2O4S/c1-14-5-10-17(27(21,24)25)13-18(14)19(23)22-11-12-26-16-8-6-15(7-9-16)20(2,3)4/h5-10,13H,11-12H2,1-4H3,(H,22,23)(H2,21,24,25). The van der Waals surface area contributed by atoms with E-state index in [4.69, 9.17) is 9.88 Å². The number of carbonyl (C=O) groups excluding carboxylic acids is 1. The lowest BCUT2D eigenvalue weighted by Gasteiger charge is -2.19. The van der Waals surface area contributed by atoms with Gasteiger partial charge in [0.2, 0.25) is 10.0 Å². The molecule has 0 atom stereocenters. The van der Waals surface area contributed by atoms with E-state index < -0.39 is 10.0 Å². The third kappa shape index (κ3) is 5.80. The number of hydrogen-bond donors (Lipinski definition) is 2. The first-order valence-electron chi connectivity index (χ1n) is 8.63. The molecule has 7 heteroatoms. The molecule has 0 aliphatic heterocycles. The number of sulfonamides is 1. The Kier molecular flexibility index (Phi) is 6.28. The highest BCUT2D eigenvalue weighted by atomic mass is 32.2. The van der Waals surface area contributed by atoms with E-state index >= 15 is 0 Å². The largest absolute Gasteiger partial charge is 0.492 e. The van der Waals surface area contributed by atoms with Gasteiger partial charge < -0.3 is 10.1 Å². The van der Waals surface area contributed by atoms with Crippen LogP contribution in [0.3, 0.4) is 0 Å². The van der Waals surface area contributed by atoms with Gasteiger partial charge in [0.1, 0.15) is 12.4 Å². The van der Waals surface area contributed by atoms with Crippen molar-refractivity contribution in [1.29, 1.82) is 0 Å². The molecule has 0 fully saturated rings. The molecule has 3 N–H and O–H groups in total. The van der Waals surface area contributed by atoms with Gasteiger partial charge in [0, 0.05) is 5.56 Å². The number of nitrogens with one attached hydrogen (secondary N) is 1. The van der Waals surface area contributed by atoms with Gasteiger partial charge >= 0.3 is 0 Å². The number of nitrogens with two attached hydrogens (primary N) is 1. The van der Waals surface area contributed by atoms with Crippen LogP contribution in [0.4, 0.5) is 0 Å². The summed E-state index contributed by atoms with van der Waals surface area (Å²) in [6, 6.07) is 12.1. The van der Waals surface area contributed by atoms with E-state index in [1.54, 1.807) is 13.0 Å². The SMILES string of the molecule is Cc1ccc(S(N)(=O)=O)cc1C(=O)NCCOc1ccc(C(C)(C)C)cc1. The predicted octanol–water partition coefficient (Wildman–Crippen LogP) is 2.75. The Morgan fingerprint density at radius 2 is 1.74 bits per heavy atom. The normalized spacial score (nSPS) is 11.9. The zero-order valence-corrected chi connectivity index (χ0v) is 16.9. The molecule has 0 spiro atoms. The van der Waals surface area contributed by atoms with Crippen LogP contribution in [-0.4, -0.2) is 27.5 Å². The summed E-state index contributed by atoms with van der Waals surface area (Å²) in [7, 11) is -3.86. The second kappa shape index (κ2) is 8.10. The van der Waals surface area contributed by atoms with Crippen molar-refractivity contribution in [3.8, 4) is 5.75 Å². The fourth-order valence-electron chi connectivity index (χ4n) is 2.50. The number of primary sulfonamides is 1. The highest BCUT2D eigenvalue weighted by Gasteiger charge is 2.15. The van der Waals surface area contributed by atoms with Crippen LogP contribution in [0.5, 0.6) is 5.75 Å². The van der Waals surface area contributed by atoms with Crippen LogP contribution < -0.4 is 15.2 Å². The molecule has 0 radical (unpaired) electrons. The summed E-state index contributed by atoms with van der Waals surface area (Å²) < 4.78 is 28.5. The molecular formula is C20H26N2O4S. The van der Waals surface area contributed by atoms with Gasteiger partial charge in [-0.25, -0.2) is 13.6 Å². The number of rotatable bonds is 6. The van der Waals surface area contributed by atoms with Gasteiger partial charge in [-0.05, 0) is 47.7 Å². The zero-order chi connectivity index (χ0) is 20.2. The first kappa shape index (κ1) is 20.9. The second-order valence-electron chi connectivity index (χ2n) is 7.40. The maximum Gasteiger partial charge on any atom is 0.251 e. The van der Waals surface area contributed by atoms with Gasteiger partial charge in [-0.15, -0.1) is 0 Å². The molecule has 146 valence electrons. The molecule has 0 aliphatic rings. The molecule has 1 amide bonds. The second-order valence-corrected chi connectivity index (χ2v) is 8.96. The molecule has 2 aromatic carbocycles. The fourth-order valence-corrected chi connectivity index (χ4v) is 3.04. The summed E-state index contributed by atoms with van der Waals surface area (Å²) in [6.07, 6.45) is 0. The zero-order valence-electron chi connectivity index (χ0n) is 16.1. The van der Waals surface area contributed by atoms with Crippen molar-refractivity contribution in [2.24, 2.45) is 5.14 Å². The topological polar surface area (TPSA) is 98.5 Å². The number of hydrogen-bond acceptors (Lipinski definition) is 4. The third-order valence-electron chi connectivity index (χ3n) is 4.16. The van der Waals surface area contributed by atoms with E-state index in [-0.39, 0.29) is 21.8 Å². The highest BCUT2D eigenvalue weighted by molar-refractivity contribution is 7.89. The van der Waals surface area contributed by atoms with Crippen LogP contribution in [0.1, 0.15) is 42.3 Å². The molecule has 0 heterocycles. The Morgan fingerprint density at radius 3 is 2.30 bits per heavy atom. The van der Waals surface area contributed by atoms with Crippen molar-refractivity contribution in [2.45, 2.75) is 38.0 Å². The van der Waals surface area contributed by atoms with Crippen molar-refractivity contribution in [2.75, 3.05) is 13.2 Å². The summed E-state index contributed by atoms with van der Waals surface area (Å²) in [5, 5.41) is 7.84. The average molecular weight is 391 g/mol. The van der Waals surface area contributed by atoms with E-state index in [1.165, 1.54) is 17.7 Å². The smallest absolute Gasteiger partial charge is 0.251 e. The maximum absolute atomic E-state index is 12.3. The first-order valence-corrected chi connectivity index (χ1v) is 10.2. The fraction of sp³-hybridized carbons (Fsp3) is 0.350. The van der Waals surface area contributed by atoms with Crippen LogP contribution >= 0.6 is 0 Å². The number of ether oxygens (including phenoxy) is 1. The van der Waals surface area contributed by atoms with Crippen LogP contribution in [0, 0.1) is 6.92 Å². The van der Waals surface area contributed by atoms with Gasteiger partial charge in [0.15, 0.2) is 0 Å². The molecule has 0 bridgehead atoms. The lowest BCUT2D eigenvalue weighted by molar-refractivity contribution is 0.0946. The van der Waals surface area contributed by atoms with Crippen molar-refractivity contribution in [3.63, 3.8) is 0 Å². The molecule has 0 aliphatic carbocycles. The first-order chi connectivity index (χ1) is 12.5. The van der Waals surface area contributed by atoms with Gasteiger partial charge in [0.25, 0.3) is 5.91 Å². The maximum atomic E-state index is 12.3. The lowest BCUT2D eigenvalue weighted by Crippen LogP contribution is -2.29. The van der Waals surface area contributed by atoms with Gasteiger partial charge in [-0.1, -0.05) is 39.0 Å². The number of aryl methyl sites for hydroxylation is 1. The number of amides is 1. The number of carbonyl (C=O) groups is 1. The molecule has 0 unspecified atom stereocenters. The quantitative estimate of drug-likeness (QED) is 0.741. The molecule has 0 aromatic heterocycles. The van der Waals surface area contributed by atoms with Crippen LogP contribution in [0.25, 0.3) is 0 Å². The van der Waals surface area contributed by atoms with E-state index in [9.17, 15) is 13.2 Å². The summed E-state index contributed by atoms with van der Waals surface area (Å²) in [5.41, 5.74) is 2.23. The Morgan fingerprint density at radius 1 is 1.11 bits per heavy atom. The molecular weight excluding hydrogens is 364 g/mol. The lowest BCUT2D eigenvalue weighted by atomic mass is 9.87. The third-order valence-corrected chi connectivity index (χ3v) is 5.07. The Balaban J connectivity index is 1.91.